The first-order valence-electron chi connectivity index (χ1n) is 4.34. The first-order valence-corrected chi connectivity index (χ1v) is 5.25. The molecule has 0 saturated carbocycles. The highest BCUT2D eigenvalue weighted by Crippen LogP contribution is 2.21. The minimum atomic E-state index is 0.517. The minimum absolute atomic E-state index is 0.517. The number of allylic oxidation sites excluding steroid dienone is 1. The lowest BCUT2D eigenvalue weighted by Gasteiger charge is -2.06. The summed E-state index contributed by atoms with van der Waals surface area (Å²) in [6.07, 6.45) is 3.74. The number of halogens is 2. The summed E-state index contributed by atoms with van der Waals surface area (Å²) in [5, 5.41) is 0.728. The lowest BCUT2D eigenvalue weighted by Crippen LogP contribution is -1.95. The molecule has 14 heavy (non-hydrogen) atoms. The number of hydrogen-bond acceptors (Lipinski definition) is 1. The van der Waals surface area contributed by atoms with Crippen LogP contribution in [0.2, 0.25) is 5.02 Å². The van der Waals surface area contributed by atoms with Gasteiger partial charge < -0.3 is 4.74 Å². The van der Waals surface area contributed by atoms with Gasteiger partial charge in [-0.3, -0.25) is 0 Å². The molecule has 0 spiro atoms. The Kier molecular flexibility index (Phi) is 4.85. The van der Waals surface area contributed by atoms with Gasteiger partial charge in [-0.05, 0) is 30.7 Å². The van der Waals surface area contributed by atoms with Crippen molar-refractivity contribution in [2.45, 2.75) is 6.92 Å². The molecule has 0 N–H and O–H groups in total. The zero-order valence-corrected chi connectivity index (χ0v) is 9.48. The predicted octanol–water partition coefficient (Wildman–Crippen LogP) is 3.82. The molecule has 1 rings (SSSR count). The third-order valence-electron chi connectivity index (χ3n) is 1.73. The smallest absolute Gasteiger partial charge is 0.122 e. The molecule has 1 aromatic rings. The summed E-state index contributed by atoms with van der Waals surface area (Å²) in [5.41, 5.74) is 1.04. The molecule has 0 atom stereocenters. The second kappa shape index (κ2) is 5.94. The highest BCUT2D eigenvalue weighted by Gasteiger charge is 1.98. The van der Waals surface area contributed by atoms with Crippen LogP contribution in [0.4, 0.5) is 0 Å². The van der Waals surface area contributed by atoms with Gasteiger partial charge in [-0.1, -0.05) is 23.8 Å². The highest BCUT2D eigenvalue weighted by atomic mass is 35.5. The summed E-state index contributed by atoms with van der Waals surface area (Å²) in [7, 11) is 0. The molecule has 0 aliphatic heterocycles. The number of alkyl halides is 1. The van der Waals surface area contributed by atoms with E-state index in [4.69, 9.17) is 27.9 Å². The molecule has 1 nitrogen and oxygen atoms in total. The van der Waals surface area contributed by atoms with Gasteiger partial charge in [0.15, 0.2) is 0 Å². The van der Waals surface area contributed by atoms with Gasteiger partial charge in [0.2, 0.25) is 0 Å². The SMILES string of the molecule is Cc1cc(Cl)ccc1OC/C=C/CCl. The van der Waals surface area contributed by atoms with Crippen LogP contribution >= 0.6 is 23.2 Å². The second-order valence-corrected chi connectivity index (χ2v) is 3.59. The largest absolute Gasteiger partial charge is 0.489 e. The maximum absolute atomic E-state index is 5.81. The van der Waals surface area contributed by atoms with Gasteiger partial charge in [0, 0.05) is 10.9 Å². The van der Waals surface area contributed by atoms with Gasteiger partial charge in [-0.2, -0.15) is 0 Å². The van der Waals surface area contributed by atoms with E-state index in [0.717, 1.165) is 16.3 Å². The highest BCUT2D eigenvalue weighted by molar-refractivity contribution is 6.30. The van der Waals surface area contributed by atoms with Crippen molar-refractivity contribution < 1.29 is 4.74 Å². The molecule has 0 fully saturated rings. The van der Waals surface area contributed by atoms with Crippen molar-refractivity contribution in [3.8, 4) is 5.75 Å². The van der Waals surface area contributed by atoms with Crippen LogP contribution in [0.5, 0.6) is 5.75 Å². The van der Waals surface area contributed by atoms with Crippen LogP contribution in [-0.4, -0.2) is 12.5 Å². The Bertz CT molecular complexity index is 321. The Morgan fingerprint density at radius 3 is 2.79 bits per heavy atom. The van der Waals surface area contributed by atoms with E-state index in [1.165, 1.54) is 0 Å². The van der Waals surface area contributed by atoms with Crippen molar-refractivity contribution in [1.29, 1.82) is 0 Å². The molecule has 0 saturated heterocycles. The van der Waals surface area contributed by atoms with Crippen LogP contribution in [-0.2, 0) is 0 Å². The van der Waals surface area contributed by atoms with Crippen LogP contribution in [0, 0.1) is 6.92 Å². The van der Waals surface area contributed by atoms with Gasteiger partial charge in [0.25, 0.3) is 0 Å². The van der Waals surface area contributed by atoms with E-state index in [-0.39, 0.29) is 0 Å². The first-order chi connectivity index (χ1) is 6.74. The van der Waals surface area contributed by atoms with E-state index in [1.807, 2.05) is 37.3 Å². The topological polar surface area (TPSA) is 9.23 Å². The molecule has 0 radical (unpaired) electrons. The van der Waals surface area contributed by atoms with Crippen molar-refractivity contribution in [2.24, 2.45) is 0 Å². The number of hydrogen-bond donors (Lipinski definition) is 0. The molecule has 3 heteroatoms. The van der Waals surface area contributed by atoms with E-state index in [0.29, 0.717) is 12.5 Å². The summed E-state index contributed by atoms with van der Waals surface area (Å²) >= 11 is 11.3. The molecule has 0 amide bonds. The average molecular weight is 231 g/mol. The second-order valence-electron chi connectivity index (χ2n) is 2.85. The van der Waals surface area contributed by atoms with Crippen LogP contribution in [0.1, 0.15) is 5.56 Å². The van der Waals surface area contributed by atoms with Crippen molar-refractivity contribution in [2.75, 3.05) is 12.5 Å². The van der Waals surface area contributed by atoms with E-state index < -0.39 is 0 Å². The third-order valence-corrected chi connectivity index (χ3v) is 2.14. The quantitative estimate of drug-likeness (QED) is 0.565. The molecule has 1 aromatic carbocycles. The molecule has 0 aliphatic rings. The fourth-order valence-corrected chi connectivity index (χ4v) is 1.40. The van der Waals surface area contributed by atoms with Gasteiger partial charge in [-0.25, -0.2) is 0 Å². The number of rotatable bonds is 4. The number of aryl methyl sites for hydroxylation is 1. The van der Waals surface area contributed by atoms with Crippen molar-refractivity contribution in [3.05, 3.63) is 40.9 Å². The normalized spacial score (nSPS) is 10.8. The monoisotopic (exact) mass is 230 g/mol. The molecule has 0 aromatic heterocycles. The number of benzene rings is 1. The molecule has 0 aliphatic carbocycles. The summed E-state index contributed by atoms with van der Waals surface area (Å²) in [4.78, 5) is 0. The average Bonchev–Trinajstić information content (AvgIpc) is 2.15. The Morgan fingerprint density at radius 1 is 1.36 bits per heavy atom. The summed E-state index contributed by atoms with van der Waals surface area (Å²) in [5.74, 6) is 1.37. The van der Waals surface area contributed by atoms with Gasteiger partial charge in [0.1, 0.15) is 12.4 Å². The Labute approximate surface area is 94.3 Å². The Balaban J connectivity index is 2.55. The van der Waals surface area contributed by atoms with E-state index >= 15 is 0 Å². The maximum Gasteiger partial charge on any atom is 0.122 e. The molecule has 0 heterocycles. The predicted molar refractivity (Wildman–Crippen MR) is 61.5 cm³/mol. The fraction of sp³-hybridized carbons (Fsp3) is 0.273. The molecule has 0 unspecified atom stereocenters. The third kappa shape index (κ3) is 3.60. The molecular formula is C11H12Cl2O. The first kappa shape index (κ1) is 11.4. The molecule has 0 bridgehead atoms. The van der Waals surface area contributed by atoms with Gasteiger partial charge in [-0.15, -0.1) is 11.6 Å². The van der Waals surface area contributed by atoms with Crippen molar-refractivity contribution >= 4 is 23.2 Å². The zero-order chi connectivity index (χ0) is 10.4. The van der Waals surface area contributed by atoms with Crippen molar-refractivity contribution in [3.63, 3.8) is 0 Å². The van der Waals surface area contributed by atoms with Gasteiger partial charge in [0.05, 0.1) is 0 Å². The molecular weight excluding hydrogens is 219 g/mol. The standard InChI is InChI=1S/C11H12Cl2O/c1-9-8-10(13)4-5-11(9)14-7-3-2-6-12/h2-5,8H,6-7H2,1H3/b3-2+. The van der Waals surface area contributed by atoms with Crippen LogP contribution in [0.3, 0.4) is 0 Å². The van der Waals surface area contributed by atoms with E-state index in [9.17, 15) is 0 Å². The van der Waals surface area contributed by atoms with Crippen LogP contribution in [0.15, 0.2) is 30.4 Å². The van der Waals surface area contributed by atoms with Crippen molar-refractivity contribution in [1.82, 2.24) is 0 Å². The molecule has 76 valence electrons. The summed E-state index contributed by atoms with van der Waals surface area (Å²) in [6.45, 7) is 2.50. The summed E-state index contributed by atoms with van der Waals surface area (Å²) in [6, 6.07) is 5.56. The lowest BCUT2D eigenvalue weighted by atomic mass is 10.2. The van der Waals surface area contributed by atoms with E-state index in [2.05, 4.69) is 0 Å². The van der Waals surface area contributed by atoms with Crippen LogP contribution in [0.25, 0.3) is 0 Å². The zero-order valence-electron chi connectivity index (χ0n) is 7.97. The fourth-order valence-electron chi connectivity index (χ4n) is 1.04. The number of ether oxygens (including phenoxy) is 1. The maximum atomic E-state index is 5.81. The van der Waals surface area contributed by atoms with E-state index in [1.54, 1.807) is 0 Å². The Hall–Kier alpha value is -0.660. The lowest BCUT2D eigenvalue weighted by molar-refractivity contribution is 0.360. The minimum Gasteiger partial charge on any atom is -0.489 e. The Morgan fingerprint density at radius 2 is 2.14 bits per heavy atom. The summed E-state index contributed by atoms with van der Waals surface area (Å²) < 4.78 is 5.49. The van der Waals surface area contributed by atoms with Crippen LogP contribution < -0.4 is 4.74 Å². The van der Waals surface area contributed by atoms with Gasteiger partial charge >= 0.3 is 0 Å².